The number of hydrogen-bond donors (Lipinski definition) is 1. The van der Waals surface area contributed by atoms with Crippen LogP contribution in [0, 0.1) is 5.41 Å². The van der Waals surface area contributed by atoms with Gasteiger partial charge in [0.05, 0.1) is 0 Å². The second-order valence-corrected chi connectivity index (χ2v) is 4.96. The fraction of sp³-hybridized carbons (Fsp3) is 0.462. The average molecular weight is 202 g/mol. The van der Waals surface area contributed by atoms with Crippen molar-refractivity contribution in [2.24, 2.45) is 5.41 Å². The van der Waals surface area contributed by atoms with Crippen LogP contribution < -0.4 is 0 Å². The van der Waals surface area contributed by atoms with E-state index in [2.05, 4.69) is 0 Å². The van der Waals surface area contributed by atoms with E-state index in [4.69, 9.17) is 0 Å². The lowest BCUT2D eigenvalue weighted by Gasteiger charge is -2.38. The third-order valence-electron chi connectivity index (χ3n) is 4.31. The number of fused-ring (bicyclic) bond motifs is 1. The number of hydrogen-bond acceptors (Lipinski definition) is 2. The molecule has 1 spiro atoms. The van der Waals surface area contributed by atoms with E-state index in [-0.39, 0.29) is 11.2 Å². The van der Waals surface area contributed by atoms with E-state index in [9.17, 15) is 9.90 Å². The van der Waals surface area contributed by atoms with Crippen LogP contribution in [0.4, 0.5) is 0 Å². The number of carbonyl (C=O) groups is 1. The molecule has 78 valence electrons. The summed E-state index contributed by atoms with van der Waals surface area (Å²) in [7, 11) is 0. The largest absolute Gasteiger partial charge is 0.381 e. The van der Waals surface area contributed by atoms with Gasteiger partial charge >= 0.3 is 0 Å². The molecule has 1 unspecified atom stereocenters. The molecule has 3 aliphatic carbocycles. The highest BCUT2D eigenvalue weighted by Gasteiger charge is 2.64. The zero-order chi connectivity index (χ0) is 10.8. The average Bonchev–Trinajstić information content (AvgIpc) is 2.86. The molecule has 1 N–H and O–H groups in total. The van der Waals surface area contributed by atoms with E-state index in [0.29, 0.717) is 5.57 Å². The van der Waals surface area contributed by atoms with Gasteiger partial charge in [-0.15, -0.1) is 0 Å². The summed E-state index contributed by atoms with van der Waals surface area (Å²) in [6.45, 7) is 3.72. The summed E-state index contributed by atoms with van der Waals surface area (Å²) in [6.07, 6.45) is 7.55. The van der Waals surface area contributed by atoms with E-state index in [1.54, 1.807) is 6.92 Å². The second kappa shape index (κ2) is 2.33. The SMILES string of the molecule is CC1=C2C=CC=C2C(=O)C(C)(O)C12CC2. The summed E-state index contributed by atoms with van der Waals surface area (Å²) < 4.78 is 0. The minimum atomic E-state index is -1.20. The van der Waals surface area contributed by atoms with Crippen molar-refractivity contribution >= 4 is 5.78 Å². The summed E-state index contributed by atoms with van der Waals surface area (Å²) in [5.41, 5.74) is 1.47. The summed E-state index contributed by atoms with van der Waals surface area (Å²) in [4.78, 5) is 12.1. The minimum Gasteiger partial charge on any atom is -0.381 e. The van der Waals surface area contributed by atoms with E-state index in [1.807, 2.05) is 25.2 Å². The van der Waals surface area contributed by atoms with Gasteiger partial charge in [0.25, 0.3) is 0 Å². The Kier molecular flexibility index (Phi) is 1.41. The maximum atomic E-state index is 12.1. The molecule has 1 saturated carbocycles. The molecule has 0 aromatic rings. The first-order valence-electron chi connectivity index (χ1n) is 5.38. The van der Waals surface area contributed by atoms with E-state index in [0.717, 1.165) is 18.4 Å². The zero-order valence-corrected chi connectivity index (χ0v) is 9.00. The minimum absolute atomic E-state index is 0.106. The van der Waals surface area contributed by atoms with Crippen LogP contribution in [0.3, 0.4) is 0 Å². The van der Waals surface area contributed by atoms with Crippen LogP contribution in [0.1, 0.15) is 26.7 Å². The fourth-order valence-corrected chi connectivity index (χ4v) is 3.03. The molecular formula is C13H14O2. The number of aliphatic hydroxyl groups is 1. The Morgan fingerprint density at radius 1 is 1.40 bits per heavy atom. The molecule has 2 nitrogen and oxygen atoms in total. The molecule has 0 aliphatic heterocycles. The lowest BCUT2D eigenvalue weighted by molar-refractivity contribution is -0.137. The molecule has 15 heavy (non-hydrogen) atoms. The van der Waals surface area contributed by atoms with Crippen LogP contribution in [-0.2, 0) is 4.79 Å². The van der Waals surface area contributed by atoms with E-state index in [1.165, 1.54) is 5.57 Å². The van der Waals surface area contributed by atoms with Crippen molar-refractivity contribution < 1.29 is 9.90 Å². The van der Waals surface area contributed by atoms with Crippen LogP contribution in [0.25, 0.3) is 0 Å². The maximum absolute atomic E-state index is 12.1. The van der Waals surface area contributed by atoms with Crippen LogP contribution in [0.5, 0.6) is 0 Å². The first-order chi connectivity index (χ1) is 7.01. The Balaban J connectivity index is 2.29. The summed E-state index contributed by atoms with van der Waals surface area (Å²) in [5.74, 6) is -0.106. The highest BCUT2D eigenvalue weighted by atomic mass is 16.3. The summed E-state index contributed by atoms with van der Waals surface area (Å²) >= 11 is 0. The van der Waals surface area contributed by atoms with Crippen molar-refractivity contribution in [2.45, 2.75) is 32.3 Å². The Bertz CT molecular complexity index is 457. The van der Waals surface area contributed by atoms with Gasteiger partial charge in [-0.1, -0.05) is 23.8 Å². The second-order valence-electron chi connectivity index (χ2n) is 4.96. The third-order valence-corrected chi connectivity index (χ3v) is 4.31. The van der Waals surface area contributed by atoms with Crippen LogP contribution in [-0.4, -0.2) is 16.5 Å². The monoisotopic (exact) mass is 202 g/mol. The van der Waals surface area contributed by atoms with Crippen molar-refractivity contribution in [1.82, 2.24) is 0 Å². The van der Waals surface area contributed by atoms with Crippen molar-refractivity contribution in [2.75, 3.05) is 0 Å². The number of ketones is 1. The molecule has 0 bridgehead atoms. The van der Waals surface area contributed by atoms with Gasteiger partial charge < -0.3 is 5.11 Å². The molecular weight excluding hydrogens is 188 g/mol. The molecule has 1 atom stereocenters. The van der Waals surface area contributed by atoms with Gasteiger partial charge in [0.2, 0.25) is 0 Å². The zero-order valence-electron chi connectivity index (χ0n) is 9.00. The smallest absolute Gasteiger partial charge is 0.195 e. The fourth-order valence-electron chi connectivity index (χ4n) is 3.03. The normalized spacial score (nSPS) is 35.9. The predicted molar refractivity (Wildman–Crippen MR) is 57.2 cm³/mol. The van der Waals surface area contributed by atoms with Gasteiger partial charge in [-0.2, -0.15) is 0 Å². The van der Waals surface area contributed by atoms with Gasteiger partial charge in [-0.05, 0) is 32.3 Å². The van der Waals surface area contributed by atoms with Crippen LogP contribution >= 0.6 is 0 Å². The number of allylic oxidation sites excluding steroid dienone is 4. The molecule has 0 heterocycles. The Morgan fingerprint density at radius 3 is 2.67 bits per heavy atom. The van der Waals surface area contributed by atoms with E-state index < -0.39 is 5.60 Å². The Hall–Kier alpha value is -1.15. The van der Waals surface area contributed by atoms with Gasteiger partial charge in [-0.3, -0.25) is 4.79 Å². The first kappa shape index (κ1) is 9.10. The highest BCUT2D eigenvalue weighted by molar-refractivity contribution is 6.09. The van der Waals surface area contributed by atoms with Crippen LogP contribution in [0.15, 0.2) is 34.9 Å². The predicted octanol–water partition coefficient (Wildman–Crippen LogP) is 1.91. The van der Waals surface area contributed by atoms with Crippen molar-refractivity contribution in [3.8, 4) is 0 Å². The summed E-state index contributed by atoms with van der Waals surface area (Å²) in [5, 5.41) is 10.4. The topological polar surface area (TPSA) is 37.3 Å². The van der Waals surface area contributed by atoms with Gasteiger partial charge in [0.1, 0.15) is 5.60 Å². The third kappa shape index (κ3) is 0.824. The molecule has 2 heteroatoms. The van der Waals surface area contributed by atoms with Gasteiger partial charge in [0.15, 0.2) is 5.78 Å². The van der Waals surface area contributed by atoms with Gasteiger partial charge in [0, 0.05) is 11.0 Å². The number of carbonyl (C=O) groups excluding carboxylic acids is 1. The molecule has 0 saturated heterocycles. The lowest BCUT2D eigenvalue weighted by Crippen LogP contribution is -2.49. The van der Waals surface area contributed by atoms with Crippen molar-refractivity contribution in [3.63, 3.8) is 0 Å². The Morgan fingerprint density at radius 2 is 2.07 bits per heavy atom. The van der Waals surface area contributed by atoms with Gasteiger partial charge in [-0.25, -0.2) is 0 Å². The maximum Gasteiger partial charge on any atom is 0.195 e. The van der Waals surface area contributed by atoms with Crippen LogP contribution in [0.2, 0.25) is 0 Å². The number of rotatable bonds is 0. The first-order valence-corrected chi connectivity index (χ1v) is 5.38. The summed E-state index contributed by atoms with van der Waals surface area (Å²) in [6, 6.07) is 0. The standard InChI is InChI=1S/C13H14O2/c1-8-9-4-3-5-10(9)11(14)12(2,15)13(8)6-7-13/h3-5,15H,6-7H2,1-2H3. The molecule has 3 aliphatic rings. The molecule has 3 rings (SSSR count). The Labute approximate surface area is 89.0 Å². The number of Topliss-reactive ketones (excluding diaryl/α,β-unsaturated/α-hetero) is 1. The quantitative estimate of drug-likeness (QED) is 0.651. The van der Waals surface area contributed by atoms with E-state index >= 15 is 0 Å². The molecule has 1 fully saturated rings. The van der Waals surface area contributed by atoms with Crippen molar-refractivity contribution in [3.05, 3.63) is 34.9 Å². The molecule has 0 radical (unpaired) electrons. The molecule has 0 amide bonds. The highest BCUT2D eigenvalue weighted by Crippen LogP contribution is 2.63. The lowest BCUT2D eigenvalue weighted by atomic mass is 9.68. The van der Waals surface area contributed by atoms with Crippen molar-refractivity contribution in [1.29, 1.82) is 0 Å². The molecule has 0 aromatic heterocycles. The molecule has 0 aromatic carbocycles.